The zero-order valence-electron chi connectivity index (χ0n) is 16.2. The molecular weight excluding hydrogens is 371 g/mol. The molecule has 150 valence electrons. The van der Waals surface area contributed by atoms with Crippen LogP contribution in [0.5, 0.6) is 0 Å². The molecule has 0 saturated carbocycles. The smallest absolute Gasteiger partial charge is 0.221 e. The van der Waals surface area contributed by atoms with E-state index in [9.17, 15) is 9.18 Å². The number of benzene rings is 2. The molecule has 4 rings (SSSR count). The van der Waals surface area contributed by atoms with Crippen molar-refractivity contribution in [3.05, 3.63) is 78.3 Å². The highest BCUT2D eigenvalue weighted by molar-refractivity contribution is 5.88. The summed E-state index contributed by atoms with van der Waals surface area (Å²) in [5, 5.41) is 2.61. The quantitative estimate of drug-likeness (QED) is 0.715. The minimum absolute atomic E-state index is 0.0691. The average Bonchev–Trinajstić information content (AvgIpc) is 3.24. The van der Waals surface area contributed by atoms with Gasteiger partial charge in [-0.3, -0.25) is 9.69 Å². The minimum Gasteiger partial charge on any atom is -0.447 e. The molecule has 1 N–H and O–H groups in total. The number of halogens is 1. The number of aromatic nitrogens is 1. The van der Waals surface area contributed by atoms with Crippen molar-refractivity contribution in [2.24, 2.45) is 0 Å². The lowest BCUT2D eigenvalue weighted by Gasteiger charge is -2.39. The summed E-state index contributed by atoms with van der Waals surface area (Å²) in [6, 6.07) is 14.9. The van der Waals surface area contributed by atoms with Gasteiger partial charge in [-0.05, 0) is 23.8 Å². The predicted octanol–water partition coefficient (Wildman–Crippen LogP) is 3.68. The lowest BCUT2D eigenvalue weighted by molar-refractivity contribution is -0.114. The van der Waals surface area contributed by atoms with Gasteiger partial charge in [0.25, 0.3) is 0 Å². The number of hydrogen-bond acceptors (Lipinski definition) is 5. The molecule has 2 heterocycles. The van der Waals surface area contributed by atoms with Crippen LogP contribution in [0.3, 0.4) is 0 Å². The second-order valence-corrected chi connectivity index (χ2v) is 7.05. The average molecular weight is 394 g/mol. The summed E-state index contributed by atoms with van der Waals surface area (Å²) in [5.41, 5.74) is 2.13. The molecule has 0 aliphatic carbocycles. The van der Waals surface area contributed by atoms with Gasteiger partial charge < -0.3 is 14.6 Å². The largest absolute Gasteiger partial charge is 0.447 e. The molecular formula is C22H23FN4O2. The van der Waals surface area contributed by atoms with Crippen LogP contribution in [0.25, 0.3) is 0 Å². The first-order valence-corrected chi connectivity index (χ1v) is 9.62. The van der Waals surface area contributed by atoms with Gasteiger partial charge in [0, 0.05) is 38.8 Å². The Morgan fingerprint density at radius 2 is 1.90 bits per heavy atom. The Labute approximate surface area is 169 Å². The lowest BCUT2D eigenvalue weighted by Crippen LogP contribution is -2.48. The first-order valence-electron chi connectivity index (χ1n) is 9.62. The second-order valence-electron chi connectivity index (χ2n) is 7.05. The van der Waals surface area contributed by atoms with Crippen molar-refractivity contribution < 1.29 is 13.6 Å². The molecule has 1 fully saturated rings. The van der Waals surface area contributed by atoms with Crippen LogP contribution in [0.1, 0.15) is 24.4 Å². The molecule has 29 heavy (non-hydrogen) atoms. The van der Waals surface area contributed by atoms with Gasteiger partial charge in [-0.25, -0.2) is 9.37 Å². The van der Waals surface area contributed by atoms with Crippen LogP contribution < -0.4 is 10.2 Å². The van der Waals surface area contributed by atoms with Gasteiger partial charge in [-0.1, -0.05) is 30.3 Å². The number of nitrogens with zero attached hydrogens (tertiary/aromatic N) is 3. The van der Waals surface area contributed by atoms with E-state index in [1.807, 2.05) is 23.1 Å². The van der Waals surface area contributed by atoms with Crippen LogP contribution in [0, 0.1) is 5.82 Å². The standard InChI is InChI=1S/C22H23FN4O2/c1-16(28)25-18-7-8-20(19(23)15-18)26-10-12-27(13-11-26)21(22-24-9-14-29-22)17-5-3-2-4-6-17/h2-9,14-15,21H,10-13H2,1H3,(H,25,28). The van der Waals surface area contributed by atoms with E-state index in [2.05, 4.69) is 27.3 Å². The van der Waals surface area contributed by atoms with Gasteiger partial charge in [0.15, 0.2) is 0 Å². The Hall–Kier alpha value is -3.19. The van der Waals surface area contributed by atoms with Gasteiger partial charge in [-0.2, -0.15) is 0 Å². The van der Waals surface area contributed by atoms with Crippen LogP contribution >= 0.6 is 0 Å². The number of oxazole rings is 1. The number of nitrogens with one attached hydrogen (secondary N) is 1. The van der Waals surface area contributed by atoms with E-state index < -0.39 is 0 Å². The van der Waals surface area contributed by atoms with E-state index in [4.69, 9.17) is 4.42 Å². The van der Waals surface area contributed by atoms with Crippen LogP contribution in [0.2, 0.25) is 0 Å². The van der Waals surface area contributed by atoms with E-state index in [-0.39, 0.29) is 17.8 Å². The molecule has 1 amide bonds. The SMILES string of the molecule is CC(=O)Nc1ccc(N2CCN(C(c3ccccc3)c3ncco3)CC2)c(F)c1. The number of anilines is 2. The predicted molar refractivity (Wildman–Crippen MR) is 109 cm³/mol. The third-order valence-corrected chi connectivity index (χ3v) is 5.09. The van der Waals surface area contributed by atoms with Crippen molar-refractivity contribution in [3.63, 3.8) is 0 Å². The first-order chi connectivity index (χ1) is 14.1. The van der Waals surface area contributed by atoms with E-state index in [0.29, 0.717) is 30.4 Å². The van der Waals surface area contributed by atoms with Crippen molar-refractivity contribution in [2.45, 2.75) is 13.0 Å². The topological polar surface area (TPSA) is 61.6 Å². The molecule has 1 aromatic heterocycles. The normalized spacial score (nSPS) is 15.9. The second kappa shape index (κ2) is 8.45. The maximum absolute atomic E-state index is 14.6. The number of carbonyl (C=O) groups excluding carboxylic acids is 1. The zero-order chi connectivity index (χ0) is 20.2. The third-order valence-electron chi connectivity index (χ3n) is 5.09. The molecule has 1 saturated heterocycles. The zero-order valence-corrected chi connectivity index (χ0v) is 16.2. The van der Waals surface area contributed by atoms with Crippen LogP contribution in [-0.4, -0.2) is 42.0 Å². The summed E-state index contributed by atoms with van der Waals surface area (Å²) in [6.07, 6.45) is 3.25. The number of hydrogen-bond donors (Lipinski definition) is 1. The Balaban J connectivity index is 1.49. The Kier molecular flexibility index (Phi) is 5.57. The minimum atomic E-state index is -0.336. The van der Waals surface area contributed by atoms with Gasteiger partial charge >= 0.3 is 0 Å². The molecule has 6 nitrogen and oxygen atoms in total. The summed E-state index contributed by atoms with van der Waals surface area (Å²) in [5.74, 6) is 0.108. The fraction of sp³-hybridized carbons (Fsp3) is 0.273. The fourth-order valence-corrected chi connectivity index (χ4v) is 3.78. The first kappa shape index (κ1) is 19.1. The van der Waals surface area contributed by atoms with E-state index in [1.54, 1.807) is 24.6 Å². The van der Waals surface area contributed by atoms with E-state index in [0.717, 1.165) is 18.7 Å². The van der Waals surface area contributed by atoms with Crippen molar-refractivity contribution >= 4 is 17.3 Å². The maximum Gasteiger partial charge on any atom is 0.221 e. The summed E-state index contributed by atoms with van der Waals surface area (Å²) < 4.78 is 20.2. The number of carbonyl (C=O) groups is 1. The maximum atomic E-state index is 14.6. The third kappa shape index (κ3) is 4.30. The number of amides is 1. The molecule has 0 bridgehead atoms. The van der Waals surface area contributed by atoms with Crippen LogP contribution in [-0.2, 0) is 4.79 Å². The highest BCUT2D eigenvalue weighted by Gasteiger charge is 2.29. The van der Waals surface area contributed by atoms with Crippen molar-refractivity contribution in [1.82, 2.24) is 9.88 Å². The van der Waals surface area contributed by atoms with Crippen molar-refractivity contribution in [3.8, 4) is 0 Å². The fourth-order valence-electron chi connectivity index (χ4n) is 3.78. The van der Waals surface area contributed by atoms with Gasteiger partial charge in [0.1, 0.15) is 18.1 Å². The van der Waals surface area contributed by atoms with Gasteiger partial charge in [0.2, 0.25) is 11.8 Å². The Morgan fingerprint density at radius 1 is 1.14 bits per heavy atom. The Bertz CT molecular complexity index is 954. The molecule has 1 aliphatic heterocycles. The molecule has 1 atom stereocenters. The Morgan fingerprint density at radius 3 is 2.52 bits per heavy atom. The van der Waals surface area contributed by atoms with Crippen molar-refractivity contribution in [1.29, 1.82) is 0 Å². The highest BCUT2D eigenvalue weighted by atomic mass is 19.1. The summed E-state index contributed by atoms with van der Waals surface area (Å²) in [6.45, 7) is 4.26. The molecule has 3 aromatic rings. The number of piperazine rings is 1. The number of rotatable bonds is 5. The lowest BCUT2D eigenvalue weighted by atomic mass is 10.0. The molecule has 1 unspecified atom stereocenters. The molecule has 2 aromatic carbocycles. The molecule has 0 radical (unpaired) electrons. The molecule has 1 aliphatic rings. The van der Waals surface area contributed by atoms with E-state index >= 15 is 0 Å². The van der Waals surface area contributed by atoms with Crippen LogP contribution in [0.15, 0.2) is 65.4 Å². The summed E-state index contributed by atoms with van der Waals surface area (Å²) in [7, 11) is 0. The molecule has 0 spiro atoms. The van der Waals surface area contributed by atoms with Gasteiger partial charge in [-0.15, -0.1) is 0 Å². The monoisotopic (exact) mass is 394 g/mol. The highest BCUT2D eigenvalue weighted by Crippen LogP contribution is 2.30. The molecule has 7 heteroatoms. The van der Waals surface area contributed by atoms with E-state index in [1.165, 1.54) is 13.0 Å². The van der Waals surface area contributed by atoms with Crippen LogP contribution in [0.4, 0.5) is 15.8 Å². The summed E-state index contributed by atoms with van der Waals surface area (Å²) >= 11 is 0. The van der Waals surface area contributed by atoms with Gasteiger partial charge in [0.05, 0.1) is 11.9 Å². The summed E-state index contributed by atoms with van der Waals surface area (Å²) in [4.78, 5) is 19.9. The van der Waals surface area contributed by atoms with Crippen molar-refractivity contribution in [2.75, 3.05) is 36.4 Å².